The molecule has 0 aromatic carbocycles. The van der Waals surface area contributed by atoms with Crippen LogP contribution in [0.4, 0.5) is 0 Å². The molecule has 0 aromatic heterocycles. The lowest BCUT2D eigenvalue weighted by atomic mass is 10.0. The SMILES string of the molecule is CC(N)CCCCC(C)C=O. The van der Waals surface area contributed by atoms with E-state index < -0.39 is 0 Å². The fraction of sp³-hybridized carbons (Fsp3) is 0.889. The van der Waals surface area contributed by atoms with Crippen LogP contribution in [0.25, 0.3) is 0 Å². The topological polar surface area (TPSA) is 43.1 Å². The Kier molecular flexibility index (Phi) is 6.13. The van der Waals surface area contributed by atoms with Gasteiger partial charge in [0.2, 0.25) is 0 Å². The van der Waals surface area contributed by atoms with Crippen LogP contribution >= 0.6 is 0 Å². The molecule has 0 aliphatic heterocycles. The van der Waals surface area contributed by atoms with Crippen LogP contribution in [0.1, 0.15) is 39.5 Å². The van der Waals surface area contributed by atoms with E-state index in [0.29, 0.717) is 6.04 Å². The summed E-state index contributed by atoms with van der Waals surface area (Å²) in [4.78, 5) is 10.2. The highest BCUT2D eigenvalue weighted by Crippen LogP contribution is 2.07. The third-order valence-corrected chi connectivity index (χ3v) is 1.80. The third-order valence-electron chi connectivity index (χ3n) is 1.80. The van der Waals surface area contributed by atoms with E-state index in [2.05, 4.69) is 0 Å². The Labute approximate surface area is 69.2 Å². The Morgan fingerprint density at radius 3 is 2.27 bits per heavy atom. The highest BCUT2D eigenvalue weighted by molar-refractivity contribution is 5.52. The molecule has 0 heterocycles. The van der Waals surface area contributed by atoms with E-state index >= 15 is 0 Å². The van der Waals surface area contributed by atoms with E-state index in [1.807, 2.05) is 13.8 Å². The predicted octanol–water partition coefficient (Wildman–Crippen LogP) is 1.73. The Hall–Kier alpha value is -0.370. The van der Waals surface area contributed by atoms with Crippen molar-refractivity contribution >= 4 is 6.29 Å². The molecule has 66 valence electrons. The highest BCUT2D eigenvalue weighted by atomic mass is 16.1. The van der Waals surface area contributed by atoms with Gasteiger partial charge in [-0.25, -0.2) is 0 Å². The van der Waals surface area contributed by atoms with Crippen molar-refractivity contribution in [2.45, 2.75) is 45.6 Å². The Bertz CT molecular complexity index is 102. The minimum absolute atomic E-state index is 0.225. The largest absolute Gasteiger partial charge is 0.328 e. The number of unbranched alkanes of at least 4 members (excludes halogenated alkanes) is 1. The van der Waals surface area contributed by atoms with Crippen molar-refractivity contribution in [3.63, 3.8) is 0 Å². The zero-order valence-electron chi connectivity index (χ0n) is 7.55. The maximum absolute atomic E-state index is 10.2. The summed E-state index contributed by atoms with van der Waals surface area (Å²) in [6.07, 6.45) is 5.38. The van der Waals surface area contributed by atoms with Gasteiger partial charge in [0.25, 0.3) is 0 Å². The van der Waals surface area contributed by atoms with Gasteiger partial charge in [-0.15, -0.1) is 0 Å². The maximum Gasteiger partial charge on any atom is 0.122 e. The second-order valence-corrected chi connectivity index (χ2v) is 3.38. The normalized spacial score (nSPS) is 15.9. The summed E-state index contributed by atoms with van der Waals surface area (Å²) in [5.74, 6) is 0.225. The molecule has 0 aliphatic carbocycles. The van der Waals surface area contributed by atoms with Crippen LogP contribution < -0.4 is 5.73 Å². The molecular formula is C9H19NO. The predicted molar refractivity (Wildman–Crippen MR) is 47.3 cm³/mol. The first-order valence-electron chi connectivity index (χ1n) is 4.37. The van der Waals surface area contributed by atoms with Gasteiger partial charge < -0.3 is 10.5 Å². The lowest BCUT2D eigenvalue weighted by Crippen LogP contribution is -2.14. The van der Waals surface area contributed by atoms with Gasteiger partial charge in [-0.05, 0) is 19.8 Å². The van der Waals surface area contributed by atoms with Gasteiger partial charge in [0.05, 0.1) is 0 Å². The number of hydrogen-bond acceptors (Lipinski definition) is 2. The summed E-state index contributed by atoms with van der Waals surface area (Å²) in [5.41, 5.74) is 5.57. The Balaban J connectivity index is 3.07. The molecule has 2 N–H and O–H groups in total. The molecular weight excluding hydrogens is 138 g/mol. The molecule has 0 bridgehead atoms. The first-order valence-corrected chi connectivity index (χ1v) is 4.37. The number of aldehydes is 1. The standard InChI is InChI=1S/C9H19NO/c1-8(7-11)5-3-4-6-9(2)10/h7-9H,3-6,10H2,1-2H3. The van der Waals surface area contributed by atoms with Crippen molar-refractivity contribution in [2.75, 3.05) is 0 Å². The molecule has 0 fully saturated rings. The average molecular weight is 157 g/mol. The molecule has 0 aromatic rings. The van der Waals surface area contributed by atoms with Crippen molar-refractivity contribution in [1.29, 1.82) is 0 Å². The van der Waals surface area contributed by atoms with Crippen molar-refractivity contribution < 1.29 is 4.79 Å². The van der Waals surface area contributed by atoms with E-state index in [4.69, 9.17) is 5.73 Å². The maximum atomic E-state index is 10.2. The molecule has 11 heavy (non-hydrogen) atoms. The lowest BCUT2D eigenvalue weighted by molar-refractivity contribution is -0.110. The summed E-state index contributed by atoms with van der Waals surface area (Å²) in [5, 5.41) is 0. The van der Waals surface area contributed by atoms with E-state index in [1.165, 1.54) is 0 Å². The number of rotatable bonds is 6. The molecule has 0 saturated carbocycles. The average Bonchev–Trinajstić information content (AvgIpc) is 1.97. The van der Waals surface area contributed by atoms with Crippen LogP contribution in [-0.2, 0) is 4.79 Å². The van der Waals surface area contributed by atoms with Crippen LogP contribution in [0, 0.1) is 5.92 Å². The monoisotopic (exact) mass is 157 g/mol. The second-order valence-electron chi connectivity index (χ2n) is 3.38. The first-order chi connectivity index (χ1) is 5.16. The summed E-state index contributed by atoms with van der Waals surface area (Å²) in [7, 11) is 0. The summed E-state index contributed by atoms with van der Waals surface area (Å²) < 4.78 is 0. The molecule has 2 atom stereocenters. The van der Waals surface area contributed by atoms with Gasteiger partial charge in [0, 0.05) is 12.0 Å². The van der Waals surface area contributed by atoms with Gasteiger partial charge in [-0.3, -0.25) is 0 Å². The Morgan fingerprint density at radius 2 is 1.82 bits per heavy atom. The molecule has 0 radical (unpaired) electrons. The van der Waals surface area contributed by atoms with E-state index in [0.717, 1.165) is 32.0 Å². The first kappa shape index (κ1) is 10.6. The van der Waals surface area contributed by atoms with Crippen LogP contribution in [0.15, 0.2) is 0 Å². The molecule has 0 spiro atoms. The van der Waals surface area contributed by atoms with Crippen molar-refractivity contribution in [3.8, 4) is 0 Å². The number of nitrogens with two attached hydrogens (primary N) is 1. The molecule has 0 rings (SSSR count). The minimum atomic E-state index is 0.225. The summed E-state index contributed by atoms with van der Waals surface area (Å²) >= 11 is 0. The van der Waals surface area contributed by atoms with Gasteiger partial charge in [-0.2, -0.15) is 0 Å². The quantitative estimate of drug-likeness (QED) is 0.471. The highest BCUT2D eigenvalue weighted by Gasteiger charge is 1.99. The number of carbonyl (C=O) groups excluding carboxylic acids is 1. The molecule has 2 unspecified atom stereocenters. The second kappa shape index (κ2) is 6.35. The Morgan fingerprint density at radius 1 is 1.27 bits per heavy atom. The van der Waals surface area contributed by atoms with Crippen LogP contribution in [0.3, 0.4) is 0 Å². The van der Waals surface area contributed by atoms with Gasteiger partial charge in [0.15, 0.2) is 0 Å². The molecule has 2 heteroatoms. The molecule has 2 nitrogen and oxygen atoms in total. The fourth-order valence-electron chi connectivity index (χ4n) is 1.00. The van der Waals surface area contributed by atoms with E-state index in [9.17, 15) is 4.79 Å². The fourth-order valence-corrected chi connectivity index (χ4v) is 1.00. The summed E-state index contributed by atoms with van der Waals surface area (Å²) in [6.45, 7) is 3.97. The zero-order valence-corrected chi connectivity index (χ0v) is 7.55. The number of carbonyl (C=O) groups is 1. The third kappa shape index (κ3) is 7.53. The van der Waals surface area contributed by atoms with Crippen LogP contribution in [0.2, 0.25) is 0 Å². The zero-order chi connectivity index (χ0) is 8.69. The molecule has 0 amide bonds. The summed E-state index contributed by atoms with van der Waals surface area (Å²) in [6, 6.07) is 0.307. The van der Waals surface area contributed by atoms with Crippen molar-refractivity contribution in [2.24, 2.45) is 11.7 Å². The van der Waals surface area contributed by atoms with Crippen LogP contribution in [-0.4, -0.2) is 12.3 Å². The number of hydrogen-bond donors (Lipinski definition) is 1. The van der Waals surface area contributed by atoms with Crippen molar-refractivity contribution in [3.05, 3.63) is 0 Å². The van der Waals surface area contributed by atoms with Crippen LogP contribution in [0.5, 0.6) is 0 Å². The minimum Gasteiger partial charge on any atom is -0.328 e. The molecule has 0 aliphatic rings. The van der Waals surface area contributed by atoms with Gasteiger partial charge in [-0.1, -0.05) is 19.8 Å². The van der Waals surface area contributed by atoms with Crippen molar-refractivity contribution in [1.82, 2.24) is 0 Å². The van der Waals surface area contributed by atoms with Gasteiger partial charge >= 0.3 is 0 Å². The molecule has 0 saturated heterocycles. The lowest BCUT2D eigenvalue weighted by Gasteiger charge is -2.05. The smallest absolute Gasteiger partial charge is 0.122 e. The van der Waals surface area contributed by atoms with E-state index in [1.54, 1.807) is 0 Å². The van der Waals surface area contributed by atoms with E-state index in [-0.39, 0.29) is 5.92 Å². The van der Waals surface area contributed by atoms with Gasteiger partial charge in [0.1, 0.15) is 6.29 Å².